The van der Waals surface area contributed by atoms with Gasteiger partial charge in [-0.15, -0.1) is 22.7 Å². The van der Waals surface area contributed by atoms with Crippen LogP contribution in [0, 0.1) is 0 Å². The molecule has 0 spiro atoms. The Hall–Kier alpha value is -5.10. The Labute approximate surface area is 288 Å². The van der Waals surface area contributed by atoms with Gasteiger partial charge in [0.2, 0.25) is 0 Å². The largest absolute Gasteiger partial charge is 0.303 e. The third-order valence-electron chi connectivity index (χ3n) is 10.6. The zero-order chi connectivity index (χ0) is 31.3. The Morgan fingerprint density at radius 3 is 1.73 bits per heavy atom. The van der Waals surface area contributed by atoms with E-state index >= 15 is 0 Å². The lowest BCUT2D eigenvalue weighted by Gasteiger charge is -2.42. The molecule has 226 valence electrons. The lowest BCUT2D eigenvalue weighted by Crippen LogP contribution is -2.60. The van der Waals surface area contributed by atoms with Gasteiger partial charge >= 0.3 is 0 Å². The van der Waals surface area contributed by atoms with E-state index in [1.807, 2.05) is 22.7 Å². The van der Waals surface area contributed by atoms with Crippen LogP contribution in [0.25, 0.3) is 31.3 Å². The summed E-state index contributed by atoms with van der Waals surface area (Å²) in [6.07, 6.45) is 3.64. The maximum Gasteiger partial charge on any atom is 0.256 e. The third-order valence-corrected chi connectivity index (χ3v) is 13.0. The summed E-state index contributed by atoms with van der Waals surface area (Å²) in [7, 11) is 0. The van der Waals surface area contributed by atoms with E-state index in [0.29, 0.717) is 0 Å². The van der Waals surface area contributed by atoms with E-state index in [9.17, 15) is 0 Å². The average molecular weight is 649 g/mol. The average Bonchev–Trinajstić information content (AvgIpc) is 3.88. The van der Waals surface area contributed by atoms with Gasteiger partial charge in [0, 0.05) is 32.1 Å². The monoisotopic (exact) mass is 648 g/mol. The summed E-state index contributed by atoms with van der Waals surface area (Å²) in [5.74, 6) is 0. The Morgan fingerprint density at radius 2 is 1.06 bits per heavy atom. The van der Waals surface area contributed by atoms with Crippen LogP contribution < -0.4 is 26.2 Å². The zero-order valence-electron chi connectivity index (χ0n) is 26.2. The van der Waals surface area contributed by atoms with E-state index in [-0.39, 0.29) is 6.71 Å². The summed E-state index contributed by atoms with van der Waals surface area (Å²) in [5, 5.41) is 5.37. The highest BCUT2D eigenvalue weighted by Gasteiger charge is 2.46. The van der Waals surface area contributed by atoms with Crippen LogP contribution in [0.3, 0.4) is 0 Å². The van der Waals surface area contributed by atoms with Crippen LogP contribution in [0.5, 0.6) is 0 Å². The van der Waals surface area contributed by atoms with Gasteiger partial charge in [-0.05, 0) is 117 Å². The van der Waals surface area contributed by atoms with Crippen LogP contribution in [0.2, 0.25) is 0 Å². The minimum absolute atomic E-state index is 0.135. The molecule has 0 fully saturated rings. The molecule has 3 aliphatic rings. The van der Waals surface area contributed by atoms with Gasteiger partial charge in [0.25, 0.3) is 6.71 Å². The molecule has 0 N–H and O–H groups in total. The Kier molecular flexibility index (Phi) is 5.72. The molecule has 0 atom stereocenters. The summed E-state index contributed by atoms with van der Waals surface area (Å²) in [6, 6.07) is 52.1. The first kappa shape index (κ1) is 26.9. The van der Waals surface area contributed by atoms with Gasteiger partial charge in [0.1, 0.15) is 0 Å². The van der Waals surface area contributed by atoms with Gasteiger partial charge in [0.05, 0.1) is 10.0 Å². The Bertz CT molecular complexity index is 2570. The lowest BCUT2D eigenvalue weighted by molar-refractivity contribution is 0.912. The molecule has 0 unspecified atom stereocenters. The highest BCUT2D eigenvalue weighted by Crippen LogP contribution is 2.50. The summed E-state index contributed by atoms with van der Waals surface area (Å²) in [4.78, 5) is 5.07. The molecule has 0 saturated carbocycles. The van der Waals surface area contributed by atoms with Crippen molar-refractivity contribution < 1.29 is 0 Å². The molecule has 0 radical (unpaired) electrons. The van der Waals surface area contributed by atoms with Crippen LogP contribution >= 0.6 is 22.7 Å². The quantitative estimate of drug-likeness (QED) is 0.176. The molecule has 8 aromatic rings. The first-order valence-electron chi connectivity index (χ1n) is 16.9. The number of anilines is 6. The van der Waals surface area contributed by atoms with Crippen molar-refractivity contribution in [3.63, 3.8) is 0 Å². The van der Waals surface area contributed by atoms with E-state index in [1.54, 1.807) is 0 Å². The van der Waals surface area contributed by atoms with Crippen LogP contribution in [-0.2, 0) is 12.8 Å². The number of para-hydroxylation sites is 1. The smallest absolute Gasteiger partial charge is 0.256 e. The number of rotatable bonds is 3. The Morgan fingerprint density at radius 1 is 0.479 bits per heavy atom. The molecule has 4 heterocycles. The third kappa shape index (κ3) is 3.69. The first-order valence-corrected chi connectivity index (χ1v) is 18.5. The van der Waals surface area contributed by atoms with Gasteiger partial charge in [-0.3, -0.25) is 0 Å². The fraction of sp³-hybridized carbons (Fsp3) is 0.0698. The Balaban J connectivity index is 1.19. The summed E-state index contributed by atoms with van der Waals surface area (Å²) in [6.45, 7) is 0.135. The second kappa shape index (κ2) is 10.2. The number of hydrogen-bond acceptors (Lipinski definition) is 4. The first-order chi connectivity index (χ1) is 23.8. The zero-order valence-corrected chi connectivity index (χ0v) is 27.8. The second-order valence-corrected chi connectivity index (χ2v) is 15.2. The van der Waals surface area contributed by atoms with Crippen LogP contribution in [0.15, 0.2) is 140 Å². The normalized spacial score (nSPS) is 14.3. The fourth-order valence-electron chi connectivity index (χ4n) is 8.64. The lowest BCUT2D eigenvalue weighted by atomic mass is 9.33. The predicted octanol–water partition coefficient (Wildman–Crippen LogP) is 10.4. The molecule has 11 rings (SSSR count). The van der Waals surface area contributed by atoms with Crippen molar-refractivity contribution >= 4 is 98.7 Å². The van der Waals surface area contributed by atoms with Gasteiger partial charge in [-0.2, -0.15) is 0 Å². The van der Waals surface area contributed by atoms with Crippen LogP contribution in [-0.4, -0.2) is 6.71 Å². The van der Waals surface area contributed by atoms with Gasteiger partial charge in [0.15, 0.2) is 0 Å². The molecule has 1 aliphatic carbocycles. The fourth-order valence-corrected chi connectivity index (χ4v) is 11.2. The summed E-state index contributed by atoms with van der Waals surface area (Å²) >= 11 is 3.85. The topological polar surface area (TPSA) is 6.48 Å². The predicted molar refractivity (Wildman–Crippen MR) is 209 cm³/mol. The molecule has 0 bridgehead atoms. The van der Waals surface area contributed by atoms with Crippen molar-refractivity contribution in [2.45, 2.75) is 19.3 Å². The second-order valence-electron chi connectivity index (χ2n) is 13.1. The van der Waals surface area contributed by atoms with Crippen LogP contribution in [0.1, 0.15) is 17.5 Å². The number of aryl methyl sites for hydroxylation is 1. The van der Waals surface area contributed by atoms with Crippen molar-refractivity contribution in [2.24, 2.45) is 0 Å². The van der Waals surface area contributed by atoms with Gasteiger partial charge in [-0.25, -0.2) is 0 Å². The van der Waals surface area contributed by atoms with Crippen molar-refractivity contribution in [3.8, 4) is 11.1 Å². The molecule has 2 aromatic heterocycles. The molecule has 6 aromatic carbocycles. The standard InChI is InChI=1S/C43H29BN2S2/c1-2-13-29(14-3-1)45-35-19-10-20-36-41(35)44(39-33-15-4-6-21-37(33)47-42(39)45)40-34-16-5-7-22-38(34)48-43(40)46(36)30-25-23-28(24-26-30)32-18-9-12-27-11-8-17-31(27)32/h1-7,9-10,12-16,18-26H,8,11,17H2. The number of benzene rings is 6. The van der Waals surface area contributed by atoms with E-state index in [0.717, 1.165) is 0 Å². The minimum Gasteiger partial charge on any atom is -0.303 e. The van der Waals surface area contributed by atoms with Crippen molar-refractivity contribution in [1.82, 2.24) is 0 Å². The molecule has 48 heavy (non-hydrogen) atoms. The maximum absolute atomic E-state index is 2.55. The minimum atomic E-state index is 0.135. The maximum atomic E-state index is 2.55. The van der Waals surface area contributed by atoms with Crippen LogP contribution in [0.4, 0.5) is 32.8 Å². The highest BCUT2D eigenvalue weighted by atomic mass is 32.1. The molecular formula is C43H29BN2S2. The van der Waals surface area contributed by atoms with Gasteiger partial charge in [-0.1, -0.05) is 91.0 Å². The van der Waals surface area contributed by atoms with Crippen molar-refractivity contribution in [3.05, 3.63) is 151 Å². The number of fused-ring (bicyclic) bond motifs is 9. The molecule has 0 saturated heterocycles. The van der Waals surface area contributed by atoms with Crippen molar-refractivity contribution in [1.29, 1.82) is 0 Å². The van der Waals surface area contributed by atoms with E-state index < -0.39 is 0 Å². The summed E-state index contributed by atoms with van der Waals surface area (Å²) < 4.78 is 2.68. The molecule has 2 nitrogen and oxygen atoms in total. The van der Waals surface area contributed by atoms with E-state index in [2.05, 4.69) is 149 Å². The number of thiophene rings is 2. The number of hydrogen-bond donors (Lipinski definition) is 0. The molecule has 5 heteroatoms. The van der Waals surface area contributed by atoms with Gasteiger partial charge < -0.3 is 9.80 Å². The highest BCUT2D eigenvalue weighted by molar-refractivity contribution is 7.29. The molecule has 0 amide bonds. The number of nitrogens with zero attached hydrogens (tertiary/aromatic N) is 2. The van der Waals surface area contributed by atoms with E-state index in [1.165, 1.54) is 111 Å². The van der Waals surface area contributed by atoms with Crippen molar-refractivity contribution in [2.75, 3.05) is 9.80 Å². The molecular weight excluding hydrogens is 619 g/mol. The summed E-state index contributed by atoms with van der Waals surface area (Å²) in [5.41, 5.74) is 14.9. The molecule has 2 aliphatic heterocycles. The van der Waals surface area contributed by atoms with E-state index in [4.69, 9.17) is 0 Å². The SMILES string of the molecule is c1ccc(N2c3cccc4c3B(c3c2sc2ccccc32)c2c(sc3ccccc23)N4c2ccc(-c3cccc4c3CCC4)cc2)cc1.